The van der Waals surface area contributed by atoms with Crippen molar-refractivity contribution in [3.8, 4) is 0 Å². The average molecular weight is 589 g/mol. The molecule has 0 aromatic carbocycles. The Bertz CT molecular complexity index is 1070. The molecule has 0 unspecified atom stereocenters. The van der Waals surface area contributed by atoms with Gasteiger partial charge in [0.25, 0.3) is 0 Å². The summed E-state index contributed by atoms with van der Waals surface area (Å²) in [5, 5.41) is 40.6. The van der Waals surface area contributed by atoms with Crippen molar-refractivity contribution in [3.63, 3.8) is 0 Å². The van der Waals surface area contributed by atoms with Crippen LogP contribution in [0.3, 0.4) is 0 Å². The Morgan fingerprint density at radius 3 is 2.38 bits per heavy atom. The van der Waals surface area contributed by atoms with Crippen molar-refractivity contribution in [2.75, 3.05) is 13.7 Å². The number of rotatable bonds is 8. The van der Waals surface area contributed by atoms with Gasteiger partial charge >= 0.3 is 0 Å². The highest BCUT2D eigenvalue weighted by molar-refractivity contribution is 5.48. The third-order valence-corrected chi connectivity index (χ3v) is 12.6. The first-order valence-electron chi connectivity index (χ1n) is 16.4. The molecule has 5 aliphatic rings. The summed E-state index contributed by atoms with van der Waals surface area (Å²) in [4.78, 5) is 0. The van der Waals surface area contributed by atoms with E-state index >= 15 is 0 Å². The molecule has 4 N–H and O–H groups in total. The molecule has 2 saturated carbocycles. The van der Waals surface area contributed by atoms with Crippen LogP contribution in [0.4, 0.5) is 0 Å². The van der Waals surface area contributed by atoms with Gasteiger partial charge in [-0.05, 0) is 84.7 Å². The molecule has 42 heavy (non-hydrogen) atoms. The Balaban J connectivity index is 1.34. The molecule has 1 heterocycles. The predicted octanol–water partition coefficient (Wildman–Crippen LogP) is 4.92. The Morgan fingerprint density at radius 1 is 0.976 bits per heavy atom. The number of aliphatic hydroxyl groups is 4. The Hall–Kier alpha value is -1.06. The predicted molar refractivity (Wildman–Crippen MR) is 162 cm³/mol. The number of hydrogen-bond acceptors (Lipinski definition) is 7. The van der Waals surface area contributed by atoms with E-state index in [1.807, 2.05) is 0 Å². The first kappa shape index (κ1) is 32.3. The molecule has 0 aromatic rings. The maximum Gasteiger partial charge on any atom is 0.186 e. The molecule has 1 saturated heterocycles. The number of methoxy groups -OCH3 is 1. The van der Waals surface area contributed by atoms with Crippen molar-refractivity contribution >= 4 is 0 Å². The quantitative estimate of drug-likeness (QED) is 0.298. The molecule has 0 bridgehead atoms. The second-order valence-electron chi connectivity index (χ2n) is 15.0. The fourth-order valence-electron chi connectivity index (χ4n) is 9.28. The standard InChI is InChI=1S/C35H56O7/c1-20(2)21(3)8-9-22(4)25-10-11-26-24-13-17-35(40-7)18-23(12-16-34(35,6)27(24)14-15-33(25,26)5)41-32-31(39)30(38)29(37)28(19-36)42-32/h8-9,13-14,20-23,25-26,28-32,36-39H,10-12,15-19H2,1-7H3/t21-,22+,23-,25+,26-,28+,29+,30-,31+,32+,33+,34+,35+/m0/s1. The van der Waals surface area contributed by atoms with E-state index in [1.54, 1.807) is 12.7 Å². The lowest BCUT2D eigenvalue weighted by molar-refractivity contribution is -0.319. The van der Waals surface area contributed by atoms with E-state index in [0.29, 0.717) is 36.0 Å². The van der Waals surface area contributed by atoms with E-state index in [-0.39, 0.29) is 16.9 Å². The summed E-state index contributed by atoms with van der Waals surface area (Å²) in [6.45, 7) is 13.8. The van der Waals surface area contributed by atoms with E-state index < -0.39 is 42.9 Å². The van der Waals surface area contributed by atoms with E-state index in [1.165, 1.54) is 18.4 Å². The maximum absolute atomic E-state index is 10.6. The molecule has 4 aliphatic carbocycles. The SMILES string of the molecule is CO[C@@]12CC=C3C(=CC[C@]4(C)[C@@H]([C@H](C)C=C[C@H](C)C(C)C)CC[C@@H]34)[C@@]1(C)CC[C@H](O[C@@H]1O[C@H](CO)[C@@H](O)[C@H](O)[C@H]1O)C2. The lowest BCUT2D eigenvalue weighted by Gasteiger charge is -2.59. The molecule has 3 fully saturated rings. The van der Waals surface area contributed by atoms with Gasteiger partial charge in [0, 0.05) is 18.9 Å². The van der Waals surface area contributed by atoms with Gasteiger partial charge in [-0.2, -0.15) is 0 Å². The Kier molecular flexibility index (Phi) is 9.27. The highest BCUT2D eigenvalue weighted by Crippen LogP contribution is 2.66. The van der Waals surface area contributed by atoms with Crippen molar-refractivity contribution in [3.05, 3.63) is 35.5 Å². The van der Waals surface area contributed by atoms with Gasteiger partial charge in [0.1, 0.15) is 24.4 Å². The smallest absolute Gasteiger partial charge is 0.186 e. The van der Waals surface area contributed by atoms with Crippen LogP contribution < -0.4 is 0 Å². The molecule has 13 atom stereocenters. The van der Waals surface area contributed by atoms with E-state index in [2.05, 4.69) is 65.8 Å². The summed E-state index contributed by atoms with van der Waals surface area (Å²) in [6, 6.07) is 0. The van der Waals surface area contributed by atoms with Crippen LogP contribution in [-0.4, -0.2) is 76.6 Å². The lowest BCUT2D eigenvalue weighted by atomic mass is 9.50. The first-order valence-corrected chi connectivity index (χ1v) is 16.4. The van der Waals surface area contributed by atoms with Gasteiger partial charge in [-0.3, -0.25) is 0 Å². The van der Waals surface area contributed by atoms with Gasteiger partial charge < -0.3 is 34.6 Å². The van der Waals surface area contributed by atoms with E-state index in [0.717, 1.165) is 25.7 Å². The number of ether oxygens (including phenoxy) is 3. The minimum absolute atomic E-state index is 0.154. The zero-order valence-corrected chi connectivity index (χ0v) is 26.8. The zero-order valence-electron chi connectivity index (χ0n) is 26.8. The van der Waals surface area contributed by atoms with Crippen molar-refractivity contribution in [2.24, 2.45) is 40.4 Å². The second-order valence-corrected chi connectivity index (χ2v) is 15.0. The van der Waals surface area contributed by atoms with Gasteiger partial charge in [0.2, 0.25) is 0 Å². The van der Waals surface area contributed by atoms with Crippen molar-refractivity contribution in [1.29, 1.82) is 0 Å². The van der Waals surface area contributed by atoms with Gasteiger partial charge in [-0.15, -0.1) is 0 Å². The van der Waals surface area contributed by atoms with Crippen molar-refractivity contribution in [2.45, 2.75) is 129 Å². The third kappa shape index (κ3) is 5.19. The maximum atomic E-state index is 10.6. The van der Waals surface area contributed by atoms with E-state index in [4.69, 9.17) is 14.2 Å². The van der Waals surface area contributed by atoms with Crippen LogP contribution in [0.1, 0.15) is 86.5 Å². The van der Waals surface area contributed by atoms with Gasteiger partial charge in [-0.1, -0.05) is 65.8 Å². The number of aliphatic hydroxyl groups excluding tert-OH is 4. The van der Waals surface area contributed by atoms with Gasteiger partial charge in [0.15, 0.2) is 6.29 Å². The summed E-state index contributed by atoms with van der Waals surface area (Å²) in [5.74, 6) is 3.05. The van der Waals surface area contributed by atoms with Crippen LogP contribution in [0.25, 0.3) is 0 Å². The van der Waals surface area contributed by atoms with Gasteiger partial charge in [-0.25, -0.2) is 0 Å². The number of fused-ring (bicyclic) bond motifs is 5. The molecular weight excluding hydrogens is 532 g/mol. The molecule has 7 nitrogen and oxygen atoms in total. The lowest BCUT2D eigenvalue weighted by Crippen LogP contribution is -2.61. The second kappa shape index (κ2) is 12.0. The van der Waals surface area contributed by atoms with Crippen LogP contribution >= 0.6 is 0 Å². The van der Waals surface area contributed by atoms with E-state index in [9.17, 15) is 20.4 Å². The fraction of sp³-hybridized carbons (Fsp3) is 0.829. The summed E-state index contributed by atoms with van der Waals surface area (Å²) in [7, 11) is 1.80. The van der Waals surface area contributed by atoms with Crippen LogP contribution in [0.2, 0.25) is 0 Å². The molecule has 0 aromatic heterocycles. The fourth-order valence-corrected chi connectivity index (χ4v) is 9.28. The summed E-state index contributed by atoms with van der Waals surface area (Å²) in [6.07, 6.45) is 10.0. The molecule has 5 rings (SSSR count). The molecule has 0 amide bonds. The highest BCUT2D eigenvalue weighted by atomic mass is 16.7. The van der Waals surface area contributed by atoms with Crippen LogP contribution in [-0.2, 0) is 14.2 Å². The molecule has 0 spiro atoms. The largest absolute Gasteiger partial charge is 0.394 e. The normalized spacial score (nSPS) is 47.0. The summed E-state index contributed by atoms with van der Waals surface area (Å²) in [5.41, 5.74) is 2.66. The third-order valence-electron chi connectivity index (χ3n) is 12.6. The van der Waals surface area contributed by atoms with Crippen LogP contribution in [0.5, 0.6) is 0 Å². The molecule has 7 heteroatoms. The molecule has 0 radical (unpaired) electrons. The van der Waals surface area contributed by atoms with Crippen LogP contribution in [0.15, 0.2) is 35.5 Å². The highest BCUT2D eigenvalue weighted by Gasteiger charge is 2.61. The molecular formula is C35H56O7. The monoisotopic (exact) mass is 588 g/mol. The zero-order chi connectivity index (χ0) is 30.6. The average Bonchev–Trinajstić information content (AvgIpc) is 3.33. The van der Waals surface area contributed by atoms with Crippen LogP contribution in [0, 0.1) is 40.4 Å². The summed E-state index contributed by atoms with van der Waals surface area (Å²) < 4.78 is 18.4. The van der Waals surface area contributed by atoms with Gasteiger partial charge in [0.05, 0.1) is 18.3 Å². The first-order chi connectivity index (χ1) is 19.8. The Labute approximate surface area is 253 Å². The number of hydrogen-bond donors (Lipinski definition) is 4. The van der Waals surface area contributed by atoms with Crippen molar-refractivity contribution < 1.29 is 34.6 Å². The molecule has 238 valence electrons. The van der Waals surface area contributed by atoms with Crippen molar-refractivity contribution in [1.82, 2.24) is 0 Å². The minimum Gasteiger partial charge on any atom is -0.394 e. The molecule has 1 aliphatic heterocycles. The summed E-state index contributed by atoms with van der Waals surface area (Å²) >= 11 is 0. The Morgan fingerprint density at radius 2 is 1.71 bits per heavy atom. The number of allylic oxidation sites excluding steroid dienone is 4. The topological polar surface area (TPSA) is 109 Å². The minimum atomic E-state index is -1.44.